The van der Waals surface area contributed by atoms with Crippen LogP contribution in [0.3, 0.4) is 0 Å². The van der Waals surface area contributed by atoms with Gasteiger partial charge in [-0.3, -0.25) is 24.2 Å². The molecule has 4 heterocycles. The van der Waals surface area contributed by atoms with Gasteiger partial charge in [-0.15, -0.1) is 0 Å². The van der Waals surface area contributed by atoms with E-state index in [2.05, 4.69) is 34.9 Å². The van der Waals surface area contributed by atoms with Crippen molar-refractivity contribution in [2.24, 2.45) is 0 Å². The van der Waals surface area contributed by atoms with E-state index in [1.54, 1.807) is 35.1 Å². The summed E-state index contributed by atoms with van der Waals surface area (Å²) >= 11 is 12.1. The van der Waals surface area contributed by atoms with Crippen molar-refractivity contribution in [1.82, 2.24) is 28.6 Å². The predicted octanol–water partition coefficient (Wildman–Crippen LogP) is 12.1. The van der Waals surface area contributed by atoms with Crippen molar-refractivity contribution in [3.8, 4) is 11.5 Å². The van der Waals surface area contributed by atoms with Crippen LogP contribution in [0.5, 0.6) is 11.5 Å². The van der Waals surface area contributed by atoms with E-state index in [0.29, 0.717) is 48.5 Å². The molecule has 2 aromatic heterocycles. The highest BCUT2D eigenvalue weighted by atomic mass is 35.5. The molecule has 0 unspecified atom stereocenters. The van der Waals surface area contributed by atoms with Crippen molar-refractivity contribution < 1.29 is 94.7 Å². The number of nitrogens with one attached hydrogen (secondary N) is 5. The first-order chi connectivity index (χ1) is 49.0. The van der Waals surface area contributed by atoms with Crippen LogP contribution in [0.4, 0.5) is 45.5 Å². The molecule has 1 fully saturated rings. The lowest BCUT2D eigenvalue weighted by Gasteiger charge is -2.41. The first-order valence-electron chi connectivity index (χ1n) is 31.2. The molecule has 9 aromatic rings. The molecule has 0 aliphatic carbocycles. The molecule has 5 N–H and O–H groups in total. The number of nitrogens with zero attached hydrogens (tertiary/aromatic N) is 5. The third kappa shape index (κ3) is 19.7. The van der Waals surface area contributed by atoms with Gasteiger partial charge in [0.05, 0.1) is 52.7 Å². The van der Waals surface area contributed by atoms with Crippen LogP contribution in [0, 0.1) is 0 Å². The number of fused-ring (bicyclic) bond motifs is 3. The van der Waals surface area contributed by atoms with E-state index in [1.807, 2.05) is 68.4 Å². The van der Waals surface area contributed by atoms with E-state index < -0.39 is 72.4 Å². The molecule has 11 rings (SSSR count). The Balaban J connectivity index is 0.000000417. The van der Waals surface area contributed by atoms with Gasteiger partial charge >= 0.3 is 18.4 Å². The number of benzene rings is 7. The number of carbonyl (C=O) groups excluding carboxylic acids is 6. The lowest BCUT2D eigenvalue weighted by atomic mass is 10.00. The molecule has 7 aromatic carbocycles. The average Bonchev–Trinajstić information content (AvgIpc) is 1.48. The number of carbonyl (C=O) groups is 6. The number of pyridine rings is 1. The molecule has 554 valence electrons. The first kappa shape index (κ1) is 76.5. The topological polar surface area (TPSA) is 329 Å². The Morgan fingerprint density at radius 3 is 1.80 bits per heavy atom. The summed E-state index contributed by atoms with van der Waals surface area (Å²) in [4.78, 5) is 82.3. The third-order valence-corrected chi connectivity index (χ3v) is 20.6. The highest BCUT2D eigenvalue weighted by Crippen LogP contribution is 2.37. The average molecular weight is 1530 g/mol. The quantitative estimate of drug-likeness (QED) is 0.0502. The fourth-order valence-corrected chi connectivity index (χ4v) is 14.2. The maximum atomic E-state index is 13.3. The Morgan fingerprint density at radius 1 is 0.621 bits per heavy atom. The van der Waals surface area contributed by atoms with Crippen molar-refractivity contribution in [3.63, 3.8) is 0 Å². The number of piperazine rings is 1. The number of aryl methyl sites for hydroxylation is 2. The predicted molar refractivity (Wildman–Crippen MR) is 392 cm³/mol. The van der Waals surface area contributed by atoms with Crippen LogP contribution in [0.25, 0.3) is 21.8 Å². The smallest absolute Gasteiger partial charge is 0.420 e. The Labute approximate surface area is 609 Å². The van der Waals surface area contributed by atoms with Gasteiger partial charge in [-0.25, -0.2) is 49.0 Å². The van der Waals surface area contributed by atoms with Crippen LogP contribution in [0.15, 0.2) is 191 Å². The minimum atomic E-state index is -4.61. The maximum Gasteiger partial charge on any atom is 0.420 e. The van der Waals surface area contributed by atoms with Gasteiger partial charge < -0.3 is 48.8 Å². The van der Waals surface area contributed by atoms with Crippen molar-refractivity contribution in [2.45, 2.75) is 59.6 Å². The summed E-state index contributed by atoms with van der Waals surface area (Å²) in [5.41, 5.74) is 3.55. The molecule has 0 spiro atoms. The molecule has 26 nitrogen and oxygen atoms in total. The number of anilines is 4. The fourth-order valence-electron chi connectivity index (χ4n) is 11.0. The number of hydrogen-bond donors (Lipinski definition) is 5. The van der Waals surface area contributed by atoms with Gasteiger partial charge in [-0.05, 0) is 171 Å². The second kappa shape index (κ2) is 33.4. The second-order valence-corrected chi connectivity index (χ2v) is 28.7. The number of alkyl halides is 3. The van der Waals surface area contributed by atoms with Gasteiger partial charge in [0.15, 0.2) is 6.61 Å². The molecular weight excluding hydrogens is 1450 g/mol. The van der Waals surface area contributed by atoms with Gasteiger partial charge in [-0.1, -0.05) is 41.4 Å². The minimum Gasteiger partial charge on any atom is -0.496 e. The summed E-state index contributed by atoms with van der Waals surface area (Å²) in [5, 5.41) is 7.66. The molecule has 0 bridgehead atoms. The van der Waals surface area contributed by atoms with Crippen LogP contribution in [-0.2, 0) is 73.1 Å². The molecule has 2 aliphatic heterocycles. The number of sulfonamides is 3. The van der Waals surface area contributed by atoms with Gasteiger partial charge in [0.25, 0.3) is 41.9 Å². The minimum absolute atomic E-state index is 0. The third-order valence-electron chi connectivity index (χ3n) is 16.1. The van der Waals surface area contributed by atoms with Crippen LogP contribution in [0.1, 0.15) is 49.8 Å². The summed E-state index contributed by atoms with van der Waals surface area (Å²) in [5.74, 6) is -1.41. The zero-order chi connectivity index (χ0) is 74.4. The molecule has 1 saturated heterocycles. The molecule has 103 heavy (non-hydrogen) atoms. The lowest BCUT2D eigenvalue weighted by Crippen LogP contribution is -2.55. The number of methoxy groups -OCH3 is 3. The SMILES string of the molecule is COC(=O)NS(=O)(=O)c1ccc(N2CCN(C(=O)[C@@H](C)N3CCCc4cc(Cl)ccc43)CC2)cc1.COC(=O)NS(=O)(=O)c1ccc(NC(=O)CCn2ccc3cc(Cl)ccc32)cc1.COc1ccccc1C(=O)NS(=O)(=O)c1ccc(NC(=O)COc2ccnc3c(C(F)(F)F)cccc23)cc1.[HH].[HH].[HH].[HH].[HH].[HH]. The number of amides is 6. The van der Waals surface area contributed by atoms with Gasteiger partial charge in [0.2, 0.25) is 11.8 Å². The van der Waals surface area contributed by atoms with Gasteiger partial charge in [0.1, 0.15) is 17.5 Å². The molecular formula is C69H79Cl2F3N10O16S3. The Kier molecular flexibility index (Phi) is 24.8. The van der Waals surface area contributed by atoms with Crippen molar-refractivity contribution >= 4 is 134 Å². The number of halogens is 5. The fraction of sp³-hybridized carbons (Fsp3) is 0.232. The van der Waals surface area contributed by atoms with Crippen LogP contribution in [-0.4, -0.2) is 142 Å². The summed E-state index contributed by atoms with van der Waals surface area (Å²) in [6, 6.07) is 40.8. The molecule has 6 amide bonds. The Hall–Kier alpha value is -10.7. The highest BCUT2D eigenvalue weighted by molar-refractivity contribution is 7.90. The first-order valence-corrected chi connectivity index (χ1v) is 36.4. The van der Waals surface area contributed by atoms with Crippen molar-refractivity contribution in [1.29, 1.82) is 0 Å². The second-order valence-electron chi connectivity index (χ2n) is 22.8. The summed E-state index contributed by atoms with van der Waals surface area (Å²) in [6.45, 7) is 5.16. The molecule has 0 radical (unpaired) electrons. The number of ether oxygens (including phenoxy) is 4. The van der Waals surface area contributed by atoms with Gasteiger partial charge in [0, 0.05) is 116 Å². The monoisotopic (exact) mass is 1530 g/mol. The van der Waals surface area contributed by atoms with E-state index in [4.69, 9.17) is 32.7 Å². The van der Waals surface area contributed by atoms with E-state index in [1.165, 1.54) is 104 Å². The Bertz CT molecular complexity index is 5010. The zero-order valence-electron chi connectivity index (χ0n) is 55.3. The number of rotatable bonds is 19. The van der Waals surface area contributed by atoms with Gasteiger partial charge in [-0.2, -0.15) is 13.2 Å². The number of aromatic nitrogens is 2. The molecule has 1 atom stereocenters. The van der Waals surface area contributed by atoms with E-state index in [0.717, 1.165) is 68.1 Å². The summed E-state index contributed by atoms with van der Waals surface area (Å²) in [6.07, 6.45) is -1.51. The van der Waals surface area contributed by atoms with Crippen molar-refractivity contribution in [3.05, 3.63) is 203 Å². The molecule has 2 aliphatic rings. The number of para-hydroxylation sites is 2. The number of hydrogen-bond acceptors (Lipinski definition) is 19. The highest BCUT2D eigenvalue weighted by Gasteiger charge is 2.35. The van der Waals surface area contributed by atoms with E-state index in [-0.39, 0.29) is 81.2 Å². The standard InChI is InChI=1S/C26H20F3N3O6S.C24H29ClN4O5S.C19H18ClN3O5S.6H2/c1-37-21-8-3-2-5-19(21)25(34)32-39(35,36)17-11-9-16(10-12-17)31-23(33)15-38-22-13-14-30-24-18(22)6-4-7-20(24)26(27,28)29;1-17(29-11-3-4-18-16-19(25)5-10-22(18)29)23(30)28-14-12-27(13-15-28)20-6-8-21(9-7-20)35(32,33)26-24(31)34-2;1-28-19(25)22-29(26,27)16-5-3-15(4-6-16)21-18(24)9-11-23-10-8-13-12-14(20)2-7-17(13)23;;;;;;/h2-14H,15H2,1H3,(H,31,33)(H,32,34);5-10,16-17H,3-4,11-15H2,1-2H3,(H,26,31);2-8,10,12H,9,11H2,1H3,(H,21,24)(H,22,25);6*1H/t;17-;;;;;;;/m.1......./s1. The zero-order valence-corrected chi connectivity index (χ0v) is 59.2. The summed E-state index contributed by atoms with van der Waals surface area (Å²) in [7, 11) is -8.75. The lowest BCUT2D eigenvalue weighted by molar-refractivity contribution is -0.136. The normalized spacial score (nSPS) is 13.3. The Morgan fingerprint density at radius 2 is 1.19 bits per heavy atom. The van der Waals surface area contributed by atoms with E-state index in [9.17, 15) is 67.2 Å². The maximum absolute atomic E-state index is 13.3. The molecule has 34 heteroatoms. The largest absolute Gasteiger partial charge is 0.496 e. The molecule has 0 saturated carbocycles. The van der Waals surface area contributed by atoms with Crippen LogP contribution >= 0.6 is 23.2 Å². The van der Waals surface area contributed by atoms with Crippen LogP contribution in [0.2, 0.25) is 10.0 Å². The van der Waals surface area contributed by atoms with Crippen LogP contribution < -0.4 is 44.1 Å². The van der Waals surface area contributed by atoms with Crippen molar-refractivity contribution in [2.75, 3.05) is 81.1 Å². The summed E-state index contributed by atoms with van der Waals surface area (Å²) < 4.78 is 140. The van der Waals surface area contributed by atoms with E-state index >= 15 is 0 Å².